The number of nitrogens with zero attached hydrogens (tertiary/aromatic N) is 1. The van der Waals surface area contributed by atoms with Gasteiger partial charge < -0.3 is 53.4 Å². The van der Waals surface area contributed by atoms with Gasteiger partial charge in [-0.25, -0.2) is 4.79 Å². The number of hydrogen-bond donors (Lipinski definition) is 3. The summed E-state index contributed by atoms with van der Waals surface area (Å²) in [5, 5.41) is 34.0. The maximum atomic E-state index is 13.5. The summed E-state index contributed by atoms with van der Waals surface area (Å²) in [7, 11) is 8.21. The minimum Gasteiger partial charge on any atom is -0.458 e. The smallest absolute Gasteiger partial charge is 0.331 e. The molecular weight excluding hydrogens is 746 g/mol. The first-order valence-corrected chi connectivity index (χ1v) is 21.1. The third-order valence-corrected chi connectivity index (χ3v) is 12.8. The molecule has 1 unspecified atom stereocenters. The number of cyclic esters (lactones) is 1. The van der Waals surface area contributed by atoms with E-state index in [9.17, 15) is 24.9 Å². The molecule has 0 radical (unpaired) electrons. The van der Waals surface area contributed by atoms with Gasteiger partial charge in [-0.2, -0.15) is 0 Å². The van der Waals surface area contributed by atoms with E-state index in [4.69, 9.17) is 33.2 Å². The number of hydrogen-bond acceptors (Lipinski definition) is 12. The van der Waals surface area contributed by atoms with E-state index in [1.807, 2.05) is 59.8 Å². The van der Waals surface area contributed by atoms with E-state index >= 15 is 0 Å². The Morgan fingerprint density at radius 1 is 0.983 bits per heavy atom. The quantitative estimate of drug-likeness (QED) is 0.0812. The molecule has 0 aliphatic carbocycles. The number of aliphatic hydroxyl groups excluding tert-OH is 3. The molecule has 16 atom stereocenters. The van der Waals surface area contributed by atoms with Crippen LogP contribution in [0.2, 0.25) is 0 Å². The SMILES string of the molecule is CO[C@H]([C@H](C)/C=C/N(C)C=O)[C@@H](C)C(O)CC[C@H](C)[C@H](O)[C@H](C)[C@H]1OC(=O)C=CC(C)=CC[C@H](O)C[C@@H]2C=CC[C@@H](C[C@H](OC)[C@@]3(CO3)[C@@H](OC)C[C@@H](OC)[C@@H]1C)O2. The Labute approximate surface area is 347 Å². The van der Waals surface area contributed by atoms with Crippen molar-refractivity contribution in [2.75, 3.05) is 42.1 Å². The molecule has 0 saturated carbocycles. The lowest BCUT2D eigenvalue weighted by molar-refractivity contribution is -0.159. The average molecular weight is 822 g/mol. The van der Waals surface area contributed by atoms with Gasteiger partial charge in [-0.05, 0) is 38.5 Å². The molecule has 332 valence electrons. The van der Waals surface area contributed by atoms with E-state index < -0.39 is 54.1 Å². The van der Waals surface area contributed by atoms with Gasteiger partial charge in [-0.15, -0.1) is 0 Å². The zero-order valence-electron chi connectivity index (χ0n) is 36.9. The van der Waals surface area contributed by atoms with E-state index in [1.54, 1.807) is 47.8 Å². The van der Waals surface area contributed by atoms with E-state index in [1.165, 1.54) is 11.0 Å². The van der Waals surface area contributed by atoms with Crippen molar-refractivity contribution in [3.63, 3.8) is 0 Å². The molecule has 1 fully saturated rings. The van der Waals surface area contributed by atoms with Crippen LogP contribution in [0.3, 0.4) is 0 Å². The molecule has 1 spiro atoms. The number of methoxy groups -OCH3 is 4. The first kappa shape index (κ1) is 49.9. The highest BCUT2D eigenvalue weighted by Crippen LogP contribution is 2.43. The highest BCUT2D eigenvalue weighted by atomic mass is 16.6. The minimum absolute atomic E-state index is 0.0676. The molecule has 13 nitrogen and oxygen atoms in total. The fourth-order valence-electron chi connectivity index (χ4n) is 8.80. The molecule has 13 heteroatoms. The van der Waals surface area contributed by atoms with Gasteiger partial charge in [-0.1, -0.05) is 70.6 Å². The molecule has 1 amide bonds. The maximum Gasteiger partial charge on any atom is 0.331 e. The van der Waals surface area contributed by atoms with E-state index in [0.717, 1.165) is 18.4 Å². The normalized spacial score (nSPS) is 34.0. The lowest BCUT2D eigenvalue weighted by Crippen LogP contribution is -2.50. The van der Waals surface area contributed by atoms with Crippen LogP contribution in [0.4, 0.5) is 0 Å². The molecule has 2 bridgehead atoms. The average Bonchev–Trinajstić information content (AvgIpc) is 4.02. The molecule has 1 saturated heterocycles. The van der Waals surface area contributed by atoms with Crippen molar-refractivity contribution in [3.8, 4) is 0 Å². The first-order valence-electron chi connectivity index (χ1n) is 21.1. The Kier molecular flexibility index (Phi) is 20.7. The third-order valence-electron chi connectivity index (χ3n) is 12.8. The van der Waals surface area contributed by atoms with Gasteiger partial charge in [0.15, 0.2) is 0 Å². The molecule has 3 aliphatic rings. The van der Waals surface area contributed by atoms with Crippen LogP contribution in [0.15, 0.2) is 48.2 Å². The molecule has 3 rings (SSSR count). The number of amides is 1. The molecule has 0 aromatic heterocycles. The predicted molar refractivity (Wildman–Crippen MR) is 222 cm³/mol. The van der Waals surface area contributed by atoms with Crippen molar-refractivity contribution in [1.82, 2.24) is 4.90 Å². The van der Waals surface area contributed by atoms with Gasteiger partial charge in [0.05, 0.1) is 61.5 Å². The summed E-state index contributed by atoms with van der Waals surface area (Å²) in [4.78, 5) is 26.0. The van der Waals surface area contributed by atoms with E-state index in [2.05, 4.69) is 6.08 Å². The number of carbonyl (C=O) groups excluding carboxylic acids is 2. The molecular formula is C45H75NO12. The van der Waals surface area contributed by atoms with Crippen LogP contribution in [0, 0.1) is 29.6 Å². The molecule has 58 heavy (non-hydrogen) atoms. The van der Waals surface area contributed by atoms with E-state index in [0.29, 0.717) is 45.1 Å². The summed E-state index contributed by atoms with van der Waals surface area (Å²) in [6.07, 6.45) is 11.9. The van der Waals surface area contributed by atoms with Gasteiger partial charge in [0.25, 0.3) is 0 Å². The molecule has 3 heterocycles. The highest BCUT2D eigenvalue weighted by Gasteiger charge is 2.59. The van der Waals surface area contributed by atoms with Crippen LogP contribution in [0.25, 0.3) is 0 Å². The van der Waals surface area contributed by atoms with Gasteiger partial charge >= 0.3 is 5.97 Å². The van der Waals surface area contributed by atoms with Crippen molar-refractivity contribution in [2.45, 2.75) is 153 Å². The molecule has 3 aliphatic heterocycles. The van der Waals surface area contributed by atoms with Crippen molar-refractivity contribution in [2.24, 2.45) is 29.6 Å². The number of ether oxygens (including phenoxy) is 7. The maximum absolute atomic E-state index is 13.5. The number of rotatable bonds is 16. The molecule has 0 aromatic rings. The number of fused-ring (bicyclic) bond motifs is 2. The van der Waals surface area contributed by atoms with Crippen molar-refractivity contribution < 1.29 is 58.1 Å². The van der Waals surface area contributed by atoms with Gasteiger partial charge in [-0.3, -0.25) is 4.79 Å². The molecule has 0 aromatic carbocycles. The Morgan fingerprint density at radius 2 is 1.66 bits per heavy atom. The lowest BCUT2D eigenvalue weighted by atomic mass is 9.78. The second-order valence-corrected chi connectivity index (χ2v) is 17.1. The highest BCUT2D eigenvalue weighted by molar-refractivity contribution is 5.82. The standard InChI is InChI=1S/C45H75NO12/c1-28-15-18-34(48)23-35-13-12-14-36(57-35)24-39(53-9)45(26-56-45)40(54-10)25-38(52-8)32(5)44(58-41(50)20-16-28)33(6)42(51)29(2)17-19-37(49)31(4)43(55-11)30(3)21-22-46(7)27-47/h12-13,15-16,20-22,27,29-40,42-44,48-49,51H,14,17-19,23-26H2,1-11H3/b20-16?,22-21+,28-15?/t29-,30+,31-,32-,33-,34-,35-,36-,37?,38+,39-,40-,42-,43+,44-,45-/m0/s1. The van der Waals surface area contributed by atoms with Crippen LogP contribution >= 0.6 is 0 Å². The first-order chi connectivity index (χ1) is 27.5. The van der Waals surface area contributed by atoms with Crippen molar-refractivity contribution in [1.29, 1.82) is 0 Å². The van der Waals surface area contributed by atoms with Crippen molar-refractivity contribution >= 4 is 12.4 Å². The number of epoxide rings is 1. The predicted octanol–water partition coefficient (Wildman–Crippen LogP) is 5.16. The van der Waals surface area contributed by atoms with Crippen LogP contribution in [0.5, 0.6) is 0 Å². The Hall–Kier alpha value is -2.46. The van der Waals surface area contributed by atoms with Crippen LogP contribution in [0.1, 0.15) is 86.5 Å². The second kappa shape index (κ2) is 24.1. The summed E-state index contributed by atoms with van der Waals surface area (Å²) < 4.78 is 43.0. The number of carbonyl (C=O) groups is 2. The summed E-state index contributed by atoms with van der Waals surface area (Å²) in [5.41, 5.74) is 0.0593. The van der Waals surface area contributed by atoms with Crippen molar-refractivity contribution in [3.05, 3.63) is 48.2 Å². The number of esters is 1. The second-order valence-electron chi connectivity index (χ2n) is 17.1. The van der Waals surface area contributed by atoms with Crippen LogP contribution in [-0.2, 0) is 42.7 Å². The Morgan fingerprint density at radius 3 is 2.26 bits per heavy atom. The summed E-state index contributed by atoms with van der Waals surface area (Å²) >= 11 is 0. The summed E-state index contributed by atoms with van der Waals surface area (Å²) in [5.74, 6) is -2.02. The zero-order chi connectivity index (χ0) is 43.2. The molecule has 3 N–H and O–H groups in total. The van der Waals surface area contributed by atoms with Gasteiger partial charge in [0, 0.05) is 90.7 Å². The van der Waals surface area contributed by atoms with E-state index in [-0.39, 0.29) is 48.1 Å². The van der Waals surface area contributed by atoms with Crippen LogP contribution < -0.4 is 0 Å². The summed E-state index contributed by atoms with van der Waals surface area (Å²) in [6.45, 7) is 12.0. The summed E-state index contributed by atoms with van der Waals surface area (Å²) in [6, 6.07) is 0. The third kappa shape index (κ3) is 14.1. The monoisotopic (exact) mass is 822 g/mol. The number of aliphatic hydroxyl groups is 3. The lowest BCUT2D eigenvalue weighted by Gasteiger charge is -2.39. The Balaban J connectivity index is 1.86. The topological polar surface area (TPSA) is 166 Å². The zero-order valence-corrected chi connectivity index (χ0v) is 36.9. The van der Waals surface area contributed by atoms with Crippen LogP contribution in [-0.4, -0.2) is 141 Å². The number of allylic oxidation sites excluding steroid dienone is 2. The Bertz CT molecular complexity index is 1360. The van der Waals surface area contributed by atoms with Gasteiger partial charge in [0.2, 0.25) is 6.41 Å². The fourth-order valence-corrected chi connectivity index (χ4v) is 8.80. The largest absolute Gasteiger partial charge is 0.458 e. The minimum atomic E-state index is -0.889. The fraction of sp³-hybridized carbons (Fsp3) is 0.778. The van der Waals surface area contributed by atoms with Gasteiger partial charge in [0.1, 0.15) is 11.7 Å².